The first-order valence-corrected chi connectivity index (χ1v) is 4.32. The van der Waals surface area contributed by atoms with Crippen molar-refractivity contribution >= 4 is 22.2 Å². The molecule has 12 heavy (non-hydrogen) atoms. The summed E-state index contributed by atoms with van der Waals surface area (Å²) in [5, 5.41) is 7.86. The van der Waals surface area contributed by atoms with E-state index in [0.717, 1.165) is 10.7 Å². The van der Waals surface area contributed by atoms with Gasteiger partial charge in [0.1, 0.15) is 5.00 Å². The van der Waals surface area contributed by atoms with Gasteiger partial charge >= 0.3 is 0 Å². The first-order chi connectivity index (χ1) is 5.95. The molecular weight excluding hydrogens is 170 g/mol. The SMILES string of the molecule is c1ccc(Nc2cnns2)cc1. The fourth-order valence-corrected chi connectivity index (χ4v) is 1.33. The third-order valence-corrected chi connectivity index (χ3v) is 1.98. The van der Waals surface area contributed by atoms with Gasteiger partial charge in [0.05, 0.1) is 6.20 Å². The van der Waals surface area contributed by atoms with E-state index in [9.17, 15) is 0 Å². The predicted octanol–water partition coefficient (Wildman–Crippen LogP) is 2.28. The molecule has 0 radical (unpaired) electrons. The van der Waals surface area contributed by atoms with E-state index in [4.69, 9.17) is 0 Å². The van der Waals surface area contributed by atoms with Crippen molar-refractivity contribution in [2.45, 2.75) is 0 Å². The highest BCUT2D eigenvalue weighted by atomic mass is 32.1. The van der Waals surface area contributed by atoms with Crippen LogP contribution >= 0.6 is 11.5 Å². The number of nitrogens with one attached hydrogen (secondary N) is 1. The molecule has 0 saturated heterocycles. The lowest BCUT2D eigenvalue weighted by atomic mass is 10.3. The van der Waals surface area contributed by atoms with Crippen molar-refractivity contribution in [1.82, 2.24) is 9.59 Å². The number of benzene rings is 1. The molecular formula is C8H7N3S. The molecule has 4 heteroatoms. The molecule has 1 aromatic heterocycles. The van der Waals surface area contributed by atoms with E-state index in [2.05, 4.69) is 14.9 Å². The van der Waals surface area contributed by atoms with E-state index in [1.54, 1.807) is 6.20 Å². The van der Waals surface area contributed by atoms with Crippen LogP contribution in [0.25, 0.3) is 0 Å². The van der Waals surface area contributed by atoms with Crippen LogP contribution < -0.4 is 5.32 Å². The summed E-state index contributed by atoms with van der Waals surface area (Å²) in [4.78, 5) is 0. The average Bonchev–Trinajstić information content (AvgIpc) is 2.59. The standard InChI is InChI=1S/C8H7N3S/c1-2-4-7(5-3-1)10-8-6-9-11-12-8/h1-6,10H. The third kappa shape index (κ3) is 1.60. The van der Waals surface area contributed by atoms with Gasteiger partial charge in [-0.25, -0.2) is 0 Å². The number of anilines is 2. The molecule has 1 aromatic carbocycles. The minimum atomic E-state index is 0.959. The zero-order chi connectivity index (χ0) is 8.23. The van der Waals surface area contributed by atoms with Gasteiger partial charge in [-0.15, -0.1) is 5.10 Å². The summed E-state index contributed by atoms with van der Waals surface area (Å²) >= 11 is 1.35. The number of rotatable bonds is 2. The minimum Gasteiger partial charge on any atom is -0.345 e. The Morgan fingerprint density at radius 1 is 1.17 bits per heavy atom. The van der Waals surface area contributed by atoms with Gasteiger partial charge in [-0.05, 0) is 12.1 Å². The van der Waals surface area contributed by atoms with Crippen LogP contribution in [0.5, 0.6) is 0 Å². The van der Waals surface area contributed by atoms with Crippen LogP contribution in [0, 0.1) is 0 Å². The highest BCUT2D eigenvalue weighted by molar-refractivity contribution is 7.09. The average molecular weight is 177 g/mol. The lowest BCUT2D eigenvalue weighted by Gasteiger charge is -1.99. The van der Waals surface area contributed by atoms with Gasteiger partial charge in [0, 0.05) is 17.2 Å². The first-order valence-electron chi connectivity index (χ1n) is 3.54. The van der Waals surface area contributed by atoms with E-state index in [1.165, 1.54) is 11.5 Å². The summed E-state index contributed by atoms with van der Waals surface area (Å²) in [6.45, 7) is 0. The molecule has 0 aliphatic rings. The maximum Gasteiger partial charge on any atom is 0.134 e. The van der Waals surface area contributed by atoms with Gasteiger partial charge < -0.3 is 5.32 Å². The van der Waals surface area contributed by atoms with Gasteiger partial charge in [0.15, 0.2) is 0 Å². The maximum absolute atomic E-state index is 3.75. The second-order valence-electron chi connectivity index (χ2n) is 2.27. The Balaban J connectivity index is 2.15. The minimum absolute atomic E-state index is 0.959. The Morgan fingerprint density at radius 2 is 2.00 bits per heavy atom. The summed E-state index contributed by atoms with van der Waals surface area (Å²) < 4.78 is 3.75. The van der Waals surface area contributed by atoms with Crippen LogP contribution in [-0.4, -0.2) is 9.59 Å². The number of aromatic nitrogens is 2. The molecule has 1 N–H and O–H groups in total. The molecule has 0 atom stereocenters. The highest BCUT2D eigenvalue weighted by Gasteiger charge is 1.94. The Bertz CT molecular complexity index is 330. The molecule has 0 spiro atoms. The van der Waals surface area contributed by atoms with Gasteiger partial charge in [0.2, 0.25) is 0 Å². The summed E-state index contributed by atoms with van der Waals surface area (Å²) in [6.07, 6.45) is 1.71. The molecule has 0 saturated carbocycles. The third-order valence-electron chi connectivity index (χ3n) is 1.40. The van der Waals surface area contributed by atoms with Crippen LogP contribution in [0.15, 0.2) is 36.5 Å². The lowest BCUT2D eigenvalue weighted by molar-refractivity contribution is 1.16. The summed E-state index contributed by atoms with van der Waals surface area (Å²) in [7, 11) is 0. The van der Waals surface area contributed by atoms with E-state index in [0.29, 0.717) is 0 Å². The molecule has 2 aromatic rings. The van der Waals surface area contributed by atoms with Crippen molar-refractivity contribution in [3.05, 3.63) is 36.5 Å². The molecule has 2 rings (SSSR count). The Hall–Kier alpha value is -1.42. The molecule has 0 aliphatic heterocycles. The summed E-state index contributed by atoms with van der Waals surface area (Å²) in [5.41, 5.74) is 1.06. The highest BCUT2D eigenvalue weighted by Crippen LogP contribution is 2.16. The lowest BCUT2D eigenvalue weighted by Crippen LogP contribution is -1.84. The van der Waals surface area contributed by atoms with Crippen molar-refractivity contribution in [3.8, 4) is 0 Å². The summed E-state index contributed by atoms with van der Waals surface area (Å²) in [6, 6.07) is 9.95. The molecule has 0 unspecified atom stereocenters. The van der Waals surface area contributed by atoms with Gasteiger partial charge in [0.25, 0.3) is 0 Å². The molecule has 0 fully saturated rings. The van der Waals surface area contributed by atoms with E-state index in [-0.39, 0.29) is 0 Å². The fraction of sp³-hybridized carbons (Fsp3) is 0. The normalized spacial score (nSPS) is 9.67. The van der Waals surface area contributed by atoms with E-state index < -0.39 is 0 Å². The topological polar surface area (TPSA) is 37.8 Å². The number of hydrogen-bond donors (Lipinski definition) is 1. The summed E-state index contributed by atoms with van der Waals surface area (Å²) in [5.74, 6) is 0. The van der Waals surface area contributed by atoms with Crippen molar-refractivity contribution in [1.29, 1.82) is 0 Å². The molecule has 0 aliphatic carbocycles. The van der Waals surface area contributed by atoms with Crippen LogP contribution in [-0.2, 0) is 0 Å². The van der Waals surface area contributed by atoms with Crippen molar-refractivity contribution in [2.24, 2.45) is 0 Å². The first kappa shape index (κ1) is 7.24. The van der Waals surface area contributed by atoms with Gasteiger partial charge in [-0.2, -0.15) is 0 Å². The number of hydrogen-bond acceptors (Lipinski definition) is 4. The quantitative estimate of drug-likeness (QED) is 0.764. The molecule has 0 amide bonds. The Kier molecular flexibility index (Phi) is 2.00. The molecule has 3 nitrogen and oxygen atoms in total. The largest absolute Gasteiger partial charge is 0.345 e. The number of para-hydroxylation sites is 1. The monoisotopic (exact) mass is 177 g/mol. The molecule has 1 heterocycles. The smallest absolute Gasteiger partial charge is 0.134 e. The Labute approximate surface area is 74.2 Å². The van der Waals surface area contributed by atoms with Crippen LogP contribution in [0.3, 0.4) is 0 Å². The van der Waals surface area contributed by atoms with Gasteiger partial charge in [-0.3, -0.25) is 0 Å². The predicted molar refractivity (Wildman–Crippen MR) is 49.6 cm³/mol. The molecule has 0 bridgehead atoms. The van der Waals surface area contributed by atoms with Crippen LogP contribution in [0.1, 0.15) is 0 Å². The van der Waals surface area contributed by atoms with Crippen molar-refractivity contribution in [3.63, 3.8) is 0 Å². The van der Waals surface area contributed by atoms with Crippen LogP contribution in [0.4, 0.5) is 10.7 Å². The zero-order valence-corrected chi connectivity index (χ0v) is 7.08. The maximum atomic E-state index is 3.75. The number of nitrogens with zero attached hydrogens (tertiary/aromatic N) is 2. The second kappa shape index (κ2) is 3.32. The van der Waals surface area contributed by atoms with E-state index in [1.807, 2.05) is 30.3 Å². The van der Waals surface area contributed by atoms with Crippen molar-refractivity contribution < 1.29 is 0 Å². The zero-order valence-electron chi connectivity index (χ0n) is 6.27. The van der Waals surface area contributed by atoms with Crippen LogP contribution in [0.2, 0.25) is 0 Å². The van der Waals surface area contributed by atoms with Gasteiger partial charge in [-0.1, -0.05) is 22.7 Å². The molecule has 60 valence electrons. The second-order valence-corrected chi connectivity index (χ2v) is 3.06. The Morgan fingerprint density at radius 3 is 2.67 bits per heavy atom. The van der Waals surface area contributed by atoms with Crippen molar-refractivity contribution in [2.75, 3.05) is 5.32 Å². The fourth-order valence-electron chi connectivity index (χ4n) is 0.886. The van der Waals surface area contributed by atoms with E-state index >= 15 is 0 Å².